The fourth-order valence-electron chi connectivity index (χ4n) is 2.61. The van der Waals surface area contributed by atoms with Gasteiger partial charge in [0.05, 0.1) is 23.4 Å². The minimum Gasteiger partial charge on any atom is -0.379 e. The number of hydroxylamine groups is 1. The summed E-state index contributed by atoms with van der Waals surface area (Å²) in [5, 5.41) is 20.1. The SMILES string of the molecule is ONC(=Nc1ccc(F)c(Br)c1)c1nonc1NCCCN1CCOCC1. The number of rotatable bonds is 7. The Hall–Kier alpha value is -2.08. The lowest BCUT2D eigenvalue weighted by atomic mass is 10.3. The molecule has 3 rings (SSSR count). The second-order valence-corrected chi connectivity index (χ2v) is 6.72. The number of ether oxygens (including phenoxy) is 1. The van der Waals surface area contributed by atoms with Crippen molar-refractivity contribution in [3.05, 3.63) is 34.2 Å². The highest BCUT2D eigenvalue weighted by Crippen LogP contribution is 2.23. The van der Waals surface area contributed by atoms with Crippen molar-refractivity contribution in [2.75, 3.05) is 44.7 Å². The minimum absolute atomic E-state index is 0.0328. The van der Waals surface area contributed by atoms with Crippen LogP contribution < -0.4 is 10.8 Å². The summed E-state index contributed by atoms with van der Waals surface area (Å²) in [4.78, 5) is 6.55. The Balaban J connectivity index is 1.61. The summed E-state index contributed by atoms with van der Waals surface area (Å²) < 4.78 is 23.7. The largest absolute Gasteiger partial charge is 0.379 e. The van der Waals surface area contributed by atoms with Crippen LogP contribution in [0.5, 0.6) is 0 Å². The molecule has 0 atom stereocenters. The molecule has 1 aliphatic rings. The lowest BCUT2D eigenvalue weighted by molar-refractivity contribution is 0.0378. The van der Waals surface area contributed by atoms with Crippen molar-refractivity contribution in [3.63, 3.8) is 0 Å². The summed E-state index contributed by atoms with van der Waals surface area (Å²) in [6.07, 6.45) is 0.899. The highest BCUT2D eigenvalue weighted by atomic mass is 79.9. The Morgan fingerprint density at radius 2 is 2.15 bits per heavy atom. The lowest BCUT2D eigenvalue weighted by Crippen LogP contribution is -2.37. The van der Waals surface area contributed by atoms with Gasteiger partial charge in [-0.3, -0.25) is 15.6 Å². The van der Waals surface area contributed by atoms with Crippen LogP contribution in [-0.4, -0.2) is 65.6 Å². The van der Waals surface area contributed by atoms with Gasteiger partial charge in [0.2, 0.25) is 5.82 Å². The Labute approximate surface area is 163 Å². The van der Waals surface area contributed by atoms with E-state index >= 15 is 0 Å². The zero-order valence-electron chi connectivity index (χ0n) is 14.5. The van der Waals surface area contributed by atoms with Crippen LogP contribution in [0.4, 0.5) is 15.9 Å². The van der Waals surface area contributed by atoms with Crippen LogP contribution in [0.15, 0.2) is 32.3 Å². The number of hydrogen-bond acceptors (Lipinski definition) is 8. The Kier molecular flexibility index (Phi) is 7.10. The van der Waals surface area contributed by atoms with Crippen molar-refractivity contribution >= 4 is 33.3 Å². The first-order valence-electron chi connectivity index (χ1n) is 8.48. The molecule has 0 spiro atoms. The molecule has 1 saturated heterocycles. The minimum atomic E-state index is -0.404. The molecule has 0 bridgehead atoms. The van der Waals surface area contributed by atoms with E-state index < -0.39 is 5.82 Å². The molecule has 1 aromatic heterocycles. The molecule has 1 aromatic carbocycles. The van der Waals surface area contributed by atoms with Crippen LogP contribution in [0.3, 0.4) is 0 Å². The molecule has 2 aromatic rings. The normalized spacial score (nSPS) is 15.7. The average molecular weight is 443 g/mol. The Morgan fingerprint density at radius 1 is 1.33 bits per heavy atom. The van der Waals surface area contributed by atoms with E-state index in [0.29, 0.717) is 18.1 Å². The number of anilines is 1. The van der Waals surface area contributed by atoms with Gasteiger partial charge in [0.1, 0.15) is 5.82 Å². The zero-order chi connectivity index (χ0) is 19.1. The van der Waals surface area contributed by atoms with E-state index in [9.17, 15) is 9.60 Å². The smallest absolute Gasteiger partial charge is 0.202 e. The maximum absolute atomic E-state index is 13.3. The number of aliphatic imine (C=N–C) groups is 1. The average Bonchev–Trinajstić information content (AvgIpc) is 3.15. The molecule has 1 fully saturated rings. The molecule has 3 N–H and O–H groups in total. The highest BCUT2D eigenvalue weighted by Gasteiger charge is 2.17. The Bertz CT molecular complexity index is 781. The van der Waals surface area contributed by atoms with Crippen molar-refractivity contribution in [3.8, 4) is 0 Å². The van der Waals surface area contributed by atoms with E-state index in [2.05, 4.69) is 41.5 Å². The molecule has 1 aliphatic heterocycles. The molecular formula is C16H20BrFN6O3. The van der Waals surface area contributed by atoms with Crippen LogP contribution in [0, 0.1) is 5.82 Å². The van der Waals surface area contributed by atoms with Gasteiger partial charge in [-0.15, -0.1) is 0 Å². The predicted molar refractivity (Wildman–Crippen MR) is 99.9 cm³/mol. The lowest BCUT2D eigenvalue weighted by Gasteiger charge is -2.26. The number of nitrogens with zero attached hydrogens (tertiary/aromatic N) is 4. The first kappa shape index (κ1) is 19.7. The number of morpholine rings is 1. The predicted octanol–water partition coefficient (Wildman–Crippen LogP) is 2.16. The summed E-state index contributed by atoms with van der Waals surface area (Å²) in [7, 11) is 0. The monoisotopic (exact) mass is 442 g/mol. The first-order chi connectivity index (χ1) is 13.2. The molecule has 0 unspecified atom stereocenters. The van der Waals surface area contributed by atoms with Crippen molar-refractivity contribution in [1.29, 1.82) is 0 Å². The summed E-state index contributed by atoms with van der Waals surface area (Å²) in [6.45, 7) is 5.02. The molecule has 2 heterocycles. The van der Waals surface area contributed by atoms with Gasteiger partial charge < -0.3 is 10.1 Å². The fourth-order valence-corrected chi connectivity index (χ4v) is 2.98. The van der Waals surface area contributed by atoms with Crippen LogP contribution in [0.25, 0.3) is 0 Å². The van der Waals surface area contributed by atoms with Gasteiger partial charge in [0, 0.05) is 19.6 Å². The molecule has 0 saturated carbocycles. The van der Waals surface area contributed by atoms with Crippen LogP contribution in [-0.2, 0) is 4.74 Å². The first-order valence-corrected chi connectivity index (χ1v) is 9.27. The summed E-state index contributed by atoms with van der Waals surface area (Å²) in [5.41, 5.74) is 2.63. The second kappa shape index (κ2) is 9.74. The van der Waals surface area contributed by atoms with Crippen molar-refractivity contribution in [1.82, 2.24) is 20.7 Å². The molecule has 11 heteroatoms. The molecule has 146 valence electrons. The van der Waals surface area contributed by atoms with Gasteiger partial charge in [-0.05, 0) is 57.4 Å². The maximum atomic E-state index is 13.3. The van der Waals surface area contributed by atoms with Gasteiger partial charge in [-0.2, -0.15) is 0 Å². The van der Waals surface area contributed by atoms with Crippen molar-refractivity contribution in [2.24, 2.45) is 4.99 Å². The van der Waals surface area contributed by atoms with E-state index in [1.54, 1.807) is 0 Å². The summed E-state index contributed by atoms with van der Waals surface area (Å²) >= 11 is 3.10. The molecule has 0 radical (unpaired) electrons. The third-order valence-corrected chi connectivity index (χ3v) is 4.62. The molecule has 27 heavy (non-hydrogen) atoms. The van der Waals surface area contributed by atoms with E-state index in [1.165, 1.54) is 18.2 Å². The molecule has 0 aliphatic carbocycles. The van der Waals surface area contributed by atoms with Crippen molar-refractivity contribution in [2.45, 2.75) is 6.42 Å². The van der Waals surface area contributed by atoms with Gasteiger partial charge >= 0.3 is 0 Å². The number of nitrogens with one attached hydrogen (secondary N) is 2. The molecule has 9 nitrogen and oxygen atoms in total. The quantitative estimate of drug-likeness (QED) is 0.259. The van der Waals surface area contributed by atoms with Crippen LogP contribution >= 0.6 is 15.9 Å². The van der Waals surface area contributed by atoms with E-state index in [4.69, 9.17) is 9.37 Å². The van der Waals surface area contributed by atoms with Gasteiger partial charge in [0.15, 0.2) is 11.5 Å². The topological polar surface area (TPSA) is 108 Å². The summed E-state index contributed by atoms with van der Waals surface area (Å²) in [6, 6.07) is 4.22. The number of halogens is 2. The number of aromatic nitrogens is 2. The molecular weight excluding hydrogens is 423 g/mol. The van der Waals surface area contributed by atoms with Crippen LogP contribution in [0.1, 0.15) is 12.1 Å². The zero-order valence-corrected chi connectivity index (χ0v) is 16.1. The number of benzene rings is 1. The fraction of sp³-hybridized carbons (Fsp3) is 0.438. The van der Waals surface area contributed by atoms with Gasteiger partial charge in [-0.1, -0.05) is 0 Å². The third-order valence-electron chi connectivity index (χ3n) is 4.01. The third kappa shape index (κ3) is 5.45. The summed E-state index contributed by atoms with van der Waals surface area (Å²) in [5.74, 6) is -0.0120. The van der Waals surface area contributed by atoms with Gasteiger partial charge in [-0.25, -0.2) is 14.0 Å². The highest BCUT2D eigenvalue weighted by molar-refractivity contribution is 9.10. The maximum Gasteiger partial charge on any atom is 0.202 e. The number of hydrogen-bond donors (Lipinski definition) is 3. The van der Waals surface area contributed by atoms with Crippen LogP contribution in [0.2, 0.25) is 0 Å². The van der Waals surface area contributed by atoms with E-state index in [0.717, 1.165) is 39.3 Å². The second-order valence-electron chi connectivity index (χ2n) is 5.87. The number of amidine groups is 1. The van der Waals surface area contributed by atoms with E-state index in [1.807, 2.05) is 5.48 Å². The standard InChI is InChI=1S/C16H20BrFN6O3/c17-12-10-11(2-3-13(12)18)20-16(21-25)14-15(23-27-22-14)19-4-1-5-24-6-8-26-9-7-24/h2-3,10,25H,1,4-9H2,(H,19,23)(H,20,21). The Morgan fingerprint density at radius 3 is 2.89 bits per heavy atom. The molecule has 0 amide bonds. The van der Waals surface area contributed by atoms with E-state index in [-0.39, 0.29) is 16.0 Å². The van der Waals surface area contributed by atoms with Crippen molar-refractivity contribution < 1.29 is 19.0 Å². The van der Waals surface area contributed by atoms with Gasteiger partial charge in [0.25, 0.3) is 0 Å².